The summed E-state index contributed by atoms with van der Waals surface area (Å²) < 4.78 is 6.09. The van der Waals surface area contributed by atoms with Crippen LogP contribution in [0.25, 0.3) is 0 Å². The van der Waals surface area contributed by atoms with Crippen molar-refractivity contribution in [2.24, 2.45) is 11.8 Å². The zero-order valence-electron chi connectivity index (χ0n) is 14.3. The number of likely N-dealkylation sites (tertiary alicyclic amines) is 1. The van der Waals surface area contributed by atoms with Crippen molar-refractivity contribution < 1.29 is 9.53 Å². The lowest BCUT2D eigenvalue weighted by Gasteiger charge is -2.32. The summed E-state index contributed by atoms with van der Waals surface area (Å²) >= 11 is 0. The molecule has 2 aliphatic heterocycles. The number of hydrogen-bond donors (Lipinski definition) is 1. The van der Waals surface area contributed by atoms with E-state index in [0.717, 1.165) is 70.3 Å². The molecule has 0 radical (unpaired) electrons. The second kappa shape index (κ2) is 9.85. The highest BCUT2D eigenvalue weighted by atomic mass is 35.5. The molecule has 1 N–H and O–H groups in total. The van der Waals surface area contributed by atoms with E-state index in [1.165, 1.54) is 32.1 Å². The molecule has 0 aromatic rings. The lowest BCUT2D eigenvalue weighted by atomic mass is 10.0. The number of nitrogens with zero attached hydrogens (tertiary/aromatic N) is 1. The van der Waals surface area contributed by atoms with Crippen molar-refractivity contribution >= 4 is 18.3 Å². The van der Waals surface area contributed by atoms with Gasteiger partial charge in [-0.3, -0.25) is 4.79 Å². The molecule has 5 heteroatoms. The van der Waals surface area contributed by atoms with Crippen LogP contribution in [0.4, 0.5) is 0 Å². The van der Waals surface area contributed by atoms with Crippen LogP contribution in [0.15, 0.2) is 0 Å². The lowest BCUT2D eigenvalue weighted by molar-refractivity contribution is -0.134. The Kier molecular flexibility index (Phi) is 8.14. The molecule has 23 heavy (non-hydrogen) atoms. The van der Waals surface area contributed by atoms with Gasteiger partial charge in [0, 0.05) is 26.1 Å². The van der Waals surface area contributed by atoms with Gasteiger partial charge in [0.15, 0.2) is 0 Å². The van der Waals surface area contributed by atoms with Gasteiger partial charge < -0.3 is 15.0 Å². The predicted molar refractivity (Wildman–Crippen MR) is 95.0 cm³/mol. The minimum atomic E-state index is 0. The average Bonchev–Trinajstić information content (AvgIpc) is 3.24. The van der Waals surface area contributed by atoms with E-state index in [-0.39, 0.29) is 12.4 Å². The second-order valence-corrected chi connectivity index (χ2v) is 7.46. The standard InChI is InChI=1S/C18H32N2O2.ClH/c21-18(6-5-15-7-10-19-13-15)20-11-8-17(9-12-20)22-14-16-3-1-2-4-16;/h15-17,19H,1-14H2;1H. The maximum atomic E-state index is 12.3. The van der Waals surface area contributed by atoms with Crippen LogP contribution in [0.3, 0.4) is 0 Å². The molecule has 0 aromatic heterocycles. The first kappa shape index (κ1) is 19.0. The quantitative estimate of drug-likeness (QED) is 0.805. The molecule has 1 aliphatic carbocycles. The van der Waals surface area contributed by atoms with Gasteiger partial charge in [0.1, 0.15) is 0 Å². The zero-order chi connectivity index (χ0) is 15.2. The first-order chi connectivity index (χ1) is 10.8. The number of carbonyl (C=O) groups excluding carboxylic acids is 1. The summed E-state index contributed by atoms with van der Waals surface area (Å²) in [5.41, 5.74) is 0. The van der Waals surface area contributed by atoms with E-state index in [1.807, 2.05) is 0 Å². The number of ether oxygens (including phenoxy) is 1. The minimum absolute atomic E-state index is 0. The van der Waals surface area contributed by atoms with Crippen molar-refractivity contribution in [1.82, 2.24) is 10.2 Å². The highest BCUT2D eigenvalue weighted by Gasteiger charge is 2.25. The lowest BCUT2D eigenvalue weighted by Crippen LogP contribution is -2.41. The van der Waals surface area contributed by atoms with Crippen LogP contribution < -0.4 is 5.32 Å². The molecule has 0 aromatic carbocycles. The van der Waals surface area contributed by atoms with Crippen LogP contribution in [0.5, 0.6) is 0 Å². The summed E-state index contributed by atoms with van der Waals surface area (Å²) in [5.74, 6) is 1.89. The van der Waals surface area contributed by atoms with Gasteiger partial charge in [-0.05, 0) is 63.5 Å². The third-order valence-electron chi connectivity index (χ3n) is 5.77. The van der Waals surface area contributed by atoms with Gasteiger partial charge in [-0.2, -0.15) is 0 Å². The normalized spacial score (nSPS) is 26.4. The molecule has 2 saturated heterocycles. The van der Waals surface area contributed by atoms with Crippen molar-refractivity contribution in [1.29, 1.82) is 0 Å². The van der Waals surface area contributed by atoms with E-state index in [4.69, 9.17) is 4.74 Å². The van der Waals surface area contributed by atoms with E-state index in [2.05, 4.69) is 10.2 Å². The molecule has 1 saturated carbocycles. The summed E-state index contributed by atoms with van der Waals surface area (Å²) in [7, 11) is 0. The Hall–Kier alpha value is -0.320. The molecular formula is C18H33ClN2O2. The van der Waals surface area contributed by atoms with E-state index in [1.54, 1.807) is 0 Å². The Labute approximate surface area is 147 Å². The molecule has 1 atom stereocenters. The molecule has 1 amide bonds. The van der Waals surface area contributed by atoms with E-state index in [0.29, 0.717) is 12.0 Å². The molecule has 0 bridgehead atoms. The molecule has 0 spiro atoms. The Morgan fingerprint density at radius 3 is 2.43 bits per heavy atom. The monoisotopic (exact) mass is 344 g/mol. The van der Waals surface area contributed by atoms with Crippen molar-refractivity contribution in [3.8, 4) is 0 Å². The van der Waals surface area contributed by atoms with Gasteiger partial charge in [-0.1, -0.05) is 12.8 Å². The maximum Gasteiger partial charge on any atom is 0.222 e. The Balaban J connectivity index is 0.00000192. The Bertz CT molecular complexity index is 347. The molecule has 1 unspecified atom stereocenters. The zero-order valence-corrected chi connectivity index (χ0v) is 15.1. The van der Waals surface area contributed by atoms with Gasteiger partial charge in [-0.25, -0.2) is 0 Å². The van der Waals surface area contributed by atoms with Crippen LogP contribution in [0.2, 0.25) is 0 Å². The van der Waals surface area contributed by atoms with Gasteiger partial charge >= 0.3 is 0 Å². The third-order valence-corrected chi connectivity index (χ3v) is 5.77. The predicted octanol–water partition coefficient (Wildman–Crippen LogP) is 3.00. The average molecular weight is 345 g/mol. The summed E-state index contributed by atoms with van der Waals surface area (Å²) in [6.45, 7) is 4.98. The van der Waals surface area contributed by atoms with Gasteiger partial charge in [-0.15, -0.1) is 12.4 Å². The molecular weight excluding hydrogens is 312 g/mol. The highest BCUT2D eigenvalue weighted by molar-refractivity contribution is 5.85. The van der Waals surface area contributed by atoms with Gasteiger partial charge in [0.2, 0.25) is 5.91 Å². The van der Waals surface area contributed by atoms with Crippen molar-refractivity contribution in [2.75, 3.05) is 32.8 Å². The van der Waals surface area contributed by atoms with Crippen molar-refractivity contribution in [3.63, 3.8) is 0 Å². The molecule has 3 fully saturated rings. The van der Waals surface area contributed by atoms with Crippen LogP contribution in [0.1, 0.15) is 57.8 Å². The van der Waals surface area contributed by atoms with E-state index >= 15 is 0 Å². The number of nitrogens with one attached hydrogen (secondary N) is 1. The maximum absolute atomic E-state index is 12.3. The summed E-state index contributed by atoms with van der Waals surface area (Å²) in [5, 5.41) is 3.38. The second-order valence-electron chi connectivity index (χ2n) is 7.46. The first-order valence-electron chi connectivity index (χ1n) is 9.41. The number of amides is 1. The molecule has 2 heterocycles. The molecule has 3 aliphatic rings. The number of halogens is 1. The fourth-order valence-electron chi connectivity index (χ4n) is 4.17. The van der Waals surface area contributed by atoms with Crippen molar-refractivity contribution in [2.45, 2.75) is 63.9 Å². The molecule has 4 nitrogen and oxygen atoms in total. The third kappa shape index (κ3) is 5.91. The Morgan fingerprint density at radius 1 is 1.04 bits per heavy atom. The van der Waals surface area contributed by atoms with Crippen molar-refractivity contribution in [3.05, 3.63) is 0 Å². The van der Waals surface area contributed by atoms with Crippen LogP contribution in [0, 0.1) is 11.8 Å². The summed E-state index contributed by atoms with van der Waals surface area (Å²) in [4.78, 5) is 14.4. The smallest absolute Gasteiger partial charge is 0.222 e. The largest absolute Gasteiger partial charge is 0.378 e. The van der Waals surface area contributed by atoms with Crippen LogP contribution in [-0.4, -0.2) is 49.7 Å². The fourth-order valence-corrected chi connectivity index (χ4v) is 4.17. The van der Waals surface area contributed by atoms with Gasteiger partial charge in [0.25, 0.3) is 0 Å². The van der Waals surface area contributed by atoms with Crippen LogP contribution in [-0.2, 0) is 9.53 Å². The summed E-state index contributed by atoms with van der Waals surface area (Å²) in [6, 6.07) is 0. The molecule has 134 valence electrons. The van der Waals surface area contributed by atoms with Crippen LogP contribution >= 0.6 is 12.4 Å². The molecule has 3 rings (SSSR count). The topological polar surface area (TPSA) is 41.6 Å². The van der Waals surface area contributed by atoms with E-state index in [9.17, 15) is 4.79 Å². The SMILES string of the molecule is Cl.O=C(CCC1CCNC1)N1CCC(OCC2CCCC2)CC1. The first-order valence-corrected chi connectivity index (χ1v) is 9.41. The number of hydrogen-bond acceptors (Lipinski definition) is 3. The van der Waals surface area contributed by atoms with Gasteiger partial charge in [0.05, 0.1) is 6.10 Å². The number of rotatable bonds is 6. The highest BCUT2D eigenvalue weighted by Crippen LogP contribution is 2.26. The fraction of sp³-hybridized carbons (Fsp3) is 0.944. The number of piperidine rings is 1. The minimum Gasteiger partial charge on any atom is -0.378 e. The summed E-state index contributed by atoms with van der Waals surface area (Å²) in [6.07, 6.45) is 11.0. The Morgan fingerprint density at radius 2 is 1.78 bits per heavy atom. The van der Waals surface area contributed by atoms with E-state index < -0.39 is 0 Å². The number of carbonyl (C=O) groups is 1.